The molecule has 2 saturated heterocycles. The van der Waals surface area contributed by atoms with Gasteiger partial charge in [-0.15, -0.1) is 11.8 Å². The van der Waals surface area contributed by atoms with Crippen molar-refractivity contribution < 1.29 is 14.0 Å². The van der Waals surface area contributed by atoms with Crippen molar-refractivity contribution in [2.24, 2.45) is 0 Å². The topological polar surface area (TPSA) is 53.8 Å². The maximum atomic E-state index is 13.1. The van der Waals surface area contributed by atoms with Crippen molar-refractivity contribution in [2.45, 2.75) is 44.0 Å². The van der Waals surface area contributed by atoms with Crippen LogP contribution >= 0.6 is 11.8 Å². The van der Waals surface area contributed by atoms with Crippen molar-refractivity contribution in [3.05, 3.63) is 29.7 Å². The number of nitrogens with zero attached hydrogens (tertiary/aromatic N) is 2. The highest BCUT2D eigenvalue weighted by Gasteiger charge is 2.53. The minimum absolute atomic E-state index is 0.0815. The summed E-state index contributed by atoms with van der Waals surface area (Å²) in [6, 6.07) is 3.50. The molecule has 1 aromatic heterocycles. The van der Waals surface area contributed by atoms with Gasteiger partial charge in [0.15, 0.2) is 0 Å². The van der Waals surface area contributed by atoms with Crippen LogP contribution in [0.1, 0.15) is 38.9 Å². The Hall–Kier alpha value is -1.69. The van der Waals surface area contributed by atoms with Crippen LogP contribution in [0.4, 0.5) is 0 Å². The van der Waals surface area contributed by atoms with Crippen molar-refractivity contribution >= 4 is 29.1 Å². The molecule has 4 rings (SSSR count). The number of carbonyl (C=O) groups is 2. The van der Waals surface area contributed by atoms with Gasteiger partial charge < -0.3 is 14.2 Å². The SMILES string of the molecule is CC1=C(c2ccco2)CN(C(=O)[C@H]2CS[C@@]3(C)CCC(=O)N23)CC1. The van der Waals surface area contributed by atoms with Crippen LogP contribution in [-0.2, 0) is 9.59 Å². The molecule has 4 heterocycles. The molecule has 0 spiro atoms. The van der Waals surface area contributed by atoms with Gasteiger partial charge in [0, 0.05) is 30.8 Å². The summed E-state index contributed by atoms with van der Waals surface area (Å²) in [7, 11) is 0. The molecule has 0 unspecified atom stereocenters. The molecule has 2 atom stereocenters. The summed E-state index contributed by atoms with van der Waals surface area (Å²) in [4.78, 5) is 28.9. The van der Waals surface area contributed by atoms with Gasteiger partial charge in [0.25, 0.3) is 0 Å². The van der Waals surface area contributed by atoms with Crippen LogP contribution in [-0.4, -0.2) is 51.4 Å². The lowest BCUT2D eigenvalue weighted by molar-refractivity contribution is -0.143. The van der Waals surface area contributed by atoms with E-state index in [2.05, 4.69) is 13.8 Å². The van der Waals surface area contributed by atoms with Crippen molar-refractivity contribution in [3.8, 4) is 0 Å². The molecule has 0 aromatic carbocycles. The summed E-state index contributed by atoms with van der Waals surface area (Å²) < 4.78 is 5.53. The van der Waals surface area contributed by atoms with Gasteiger partial charge in [-0.1, -0.05) is 5.57 Å². The molecule has 1 aromatic rings. The van der Waals surface area contributed by atoms with Crippen LogP contribution in [0, 0.1) is 0 Å². The van der Waals surface area contributed by atoms with Crippen LogP contribution < -0.4 is 0 Å². The molecule has 0 bridgehead atoms. The summed E-state index contributed by atoms with van der Waals surface area (Å²) in [6.45, 7) is 5.48. The number of rotatable bonds is 2. The van der Waals surface area contributed by atoms with Crippen LogP contribution in [0.3, 0.4) is 0 Å². The summed E-state index contributed by atoms with van der Waals surface area (Å²) >= 11 is 1.75. The van der Waals surface area contributed by atoms with E-state index < -0.39 is 0 Å². The average molecular weight is 346 g/mol. The van der Waals surface area contributed by atoms with Gasteiger partial charge in [-0.25, -0.2) is 0 Å². The fourth-order valence-corrected chi connectivity index (χ4v) is 5.42. The Balaban J connectivity index is 1.55. The molecule has 2 amide bonds. The molecule has 2 fully saturated rings. The Labute approximate surface area is 146 Å². The fraction of sp³-hybridized carbons (Fsp3) is 0.556. The number of hydrogen-bond acceptors (Lipinski definition) is 4. The Morgan fingerprint density at radius 1 is 1.42 bits per heavy atom. The van der Waals surface area contributed by atoms with E-state index in [9.17, 15) is 9.59 Å². The highest BCUT2D eigenvalue weighted by atomic mass is 32.2. The second kappa shape index (κ2) is 5.69. The van der Waals surface area contributed by atoms with Gasteiger partial charge in [0.1, 0.15) is 11.8 Å². The first-order valence-corrected chi connectivity index (χ1v) is 9.45. The number of carbonyl (C=O) groups excluding carboxylic acids is 2. The first-order valence-electron chi connectivity index (χ1n) is 8.47. The zero-order valence-corrected chi connectivity index (χ0v) is 14.9. The lowest BCUT2D eigenvalue weighted by Crippen LogP contribution is -2.52. The van der Waals surface area contributed by atoms with Crippen molar-refractivity contribution in [2.75, 3.05) is 18.8 Å². The third kappa shape index (κ3) is 2.39. The van der Waals surface area contributed by atoms with Crippen molar-refractivity contribution in [1.82, 2.24) is 9.80 Å². The normalized spacial score (nSPS) is 30.2. The van der Waals surface area contributed by atoms with E-state index in [1.807, 2.05) is 21.9 Å². The third-order valence-electron chi connectivity index (χ3n) is 5.48. The Morgan fingerprint density at radius 2 is 2.25 bits per heavy atom. The number of thioether (sulfide) groups is 1. The van der Waals surface area contributed by atoms with E-state index >= 15 is 0 Å². The second-order valence-corrected chi connectivity index (χ2v) is 8.51. The quantitative estimate of drug-likeness (QED) is 0.826. The summed E-state index contributed by atoms with van der Waals surface area (Å²) in [5.74, 6) is 1.75. The predicted octanol–water partition coefficient (Wildman–Crippen LogP) is 2.74. The molecular weight excluding hydrogens is 324 g/mol. The molecule has 0 radical (unpaired) electrons. The van der Waals surface area contributed by atoms with E-state index in [1.54, 1.807) is 18.0 Å². The molecule has 128 valence electrons. The minimum Gasteiger partial charge on any atom is -0.465 e. The number of fused-ring (bicyclic) bond motifs is 1. The summed E-state index contributed by atoms with van der Waals surface area (Å²) in [6.07, 6.45) is 3.92. The molecule has 0 N–H and O–H groups in total. The number of amides is 2. The monoisotopic (exact) mass is 346 g/mol. The number of furan rings is 1. The average Bonchev–Trinajstić information content (AvgIpc) is 3.26. The molecular formula is C18H22N2O3S. The van der Waals surface area contributed by atoms with Gasteiger partial charge in [0.05, 0.1) is 11.1 Å². The highest BCUT2D eigenvalue weighted by Crippen LogP contribution is 2.47. The van der Waals surface area contributed by atoms with Gasteiger partial charge in [-0.2, -0.15) is 0 Å². The Kier molecular flexibility index (Phi) is 3.75. The zero-order chi connectivity index (χ0) is 16.9. The molecule has 6 heteroatoms. The van der Waals surface area contributed by atoms with Crippen LogP contribution in [0.15, 0.2) is 28.4 Å². The lowest BCUT2D eigenvalue weighted by Gasteiger charge is -2.35. The third-order valence-corrected chi connectivity index (χ3v) is 6.99. The Morgan fingerprint density at radius 3 is 3.00 bits per heavy atom. The van der Waals surface area contributed by atoms with E-state index in [4.69, 9.17) is 4.42 Å². The van der Waals surface area contributed by atoms with E-state index in [1.165, 1.54) is 5.57 Å². The molecule has 0 saturated carbocycles. The predicted molar refractivity (Wildman–Crippen MR) is 93.2 cm³/mol. The molecule has 5 nitrogen and oxygen atoms in total. The van der Waals surface area contributed by atoms with E-state index in [0.29, 0.717) is 18.7 Å². The van der Waals surface area contributed by atoms with E-state index in [0.717, 1.165) is 30.7 Å². The largest absolute Gasteiger partial charge is 0.465 e. The second-order valence-electron chi connectivity index (χ2n) is 7.01. The van der Waals surface area contributed by atoms with Gasteiger partial charge in [-0.05, 0) is 38.8 Å². The maximum Gasteiger partial charge on any atom is 0.246 e. The summed E-state index contributed by atoms with van der Waals surface area (Å²) in [5.41, 5.74) is 2.37. The standard InChI is InChI=1S/C18H22N2O3S/c1-12-6-8-19(10-13(12)15-4-3-9-23-15)17(22)14-11-24-18(2)7-5-16(21)20(14)18/h3-4,9,14H,5-8,10-11H2,1-2H3/t14-,18+/m1/s1. The molecule has 3 aliphatic heterocycles. The molecule has 0 aliphatic carbocycles. The van der Waals surface area contributed by atoms with Crippen LogP contribution in [0.5, 0.6) is 0 Å². The van der Waals surface area contributed by atoms with E-state index in [-0.39, 0.29) is 22.7 Å². The van der Waals surface area contributed by atoms with Crippen LogP contribution in [0.2, 0.25) is 0 Å². The maximum absolute atomic E-state index is 13.1. The number of hydrogen-bond donors (Lipinski definition) is 0. The minimum atomic E-state index is -0.314. The molecule has 3 aliphatic rings. The first-order chi connectivity index (χ1) is 11.5. The van der Waals surface area contributed by atoms with Crippen molar-refractivity contribution in [3.63, 3.8) is 0 Å². The zero-order valence-electron chi connectivity index (χ0n) is 14.1. The fourth-order valence-electron chi connectivity index (χ4n) is 4.00. The van der Waals surface area contributed by atoms with Gasteiger partial charge in [0.2, 0.25) is 11.8 Å². The first kappa shape index (κ1) is 15.8. The van der Waals surface area contributed by atoms with Crippen LogP contribution in [0.25, 0.3) is 5.57 Å². The highest BCUT2D eigenvalue weighted by molar-refractivity contribution is 8.01. The van der Waals surface area contributed by atoms with Gasteiger partial charge >= 0.3 is 0 Å². The Bertz CT molecular complexity index is 712. The summed E-state index contributed by atoms with van der Waals surface area (Å²) in [5, 5.41) is 0. The van der Waals surface area contributed by atoms with Crippen molar-refractivity contribution in [1.29, 1.82) is 0 Å². The smallest absolute Gasteiger partial charge is 0.246 e. The lowest BCUT2D eigenvalue weighted by atomic mass is 9.99. The van der Waals surface area contributed by atoms with Gasteiger partial charge in [-0.3, -0.25) is 9.59 Å². The molecule has 24 heavy (non-hydrogen) atoms.